The number of fused-ring (bicyclic) bond motifs is 1. The summed E-state index contributed by atoms with van der Waals surface area (Å²) >= 11 is 0. The van der Waals surface area contributed by atoms with Crippen LogP contribution in [-0.2, 0) is 9.53 Å². The van der Waals surface area contributed by atoms with Gasteiger partial charge >= 0.3 is 0 Å². The summed E-state index contributed by atoms with van der Waals surface area (Å²) in [7, 11) is 0. The average Bonchev–Trinajstić information content (AvgIpc) is 3.49. The molecular weight excluding hydrogens is 354 g/mol. The number of guanidine groups is 1. The third kappa shape index (κ3) is 4.15. The van der Waals surface area contributed by atoms with Gasteiger partial charge in [-0.2, -0.15) is 0 Å². The first-order chi connectivity index (χ1) is 13.5. The minimum Gasteiger partial charge on any atom is -0.377 e. The van der Waals surface area contributed by atoms with Crippen LogP contribution in [0.3, 0.4) is 0 Å². The third-order valence-electron chi connectivity index (χ3n) is 6.91. The molecule has 28 heavy (non-hydrogen) atoms. The molecule has 2 N–H and O–H groups in total. The van der Waals surface area contributed by atoms with Crippen molar-refractivity contribution in [1.29, 1.82) is 0 Å². The highest BCUT2D eigenvalue weighted by Gasteiger charge is 2.58. The summed E-state index contributed by atoms with van der Waals surface area (Å²) in [5.41, 5.74) is 0.141. The van der Waals surface area contributed by atoms with Crippen LogP contribution in [-0.4, -0.2) is 85.7 Å². The average molecular weight is 392 g/mol. The maximum atomic E-state index is 12.1. The largest absolute Gasteiger partial charge is 0.377 e. The number of nitrogens with one attached hydrogen (secondary N) is 2. The Morgan fingerprint density at radius 1 is 1.14 bits per heavy atom. The van der Waals surface area contributed by atoms with Crippen LogP contribution in [0.2, 0.25) is 0 Å². The maximum Gasteiger partial charge on any atom is 0.234 e. The molecule has 4 fully saturated rings. The van der Waals surface area contributed by atoms with E-state index in [0.29, 0.717) is 30.7 Å². The fourth-order valence-corrected chi connectivity index (χ4v) is 5.16. The van der Waals surface area contributed by atoms with E-state index in [1.807, 2.05) is 0 Å². The quantitative estimate of drug-likeness (QED) is 0.542. The molecule has 3 atom stereocenters. The Bertz CT molecular complexity index is 596. The van der Waals surface area contributed by atoms with Gasteiger partial charge < -0.3 is 20.3 Å². The zero-order chi connectivity index (χ0) is 19.7. The van der Waals surface area contributed by atoms with Crippen LogP contribution in [0, 0.1) is 11.3 Å². The molecule has 7 heteroatoms. The molecule has 1 amide bonds. The highest BCUT2D eigenvalue weighted by molar-refractivity contribution is 5.81. The maximum absolute atomic E-state index is 12.1. The number of rotatable bonds is 5. The summed E-state index contributed by atoms with van der Waals surface area (Å²) < 4.78 is 6.05. The van der Waals surface area contributed by atoms with Crippen LogP contribution in [0.1, 0.15) is 46.5 Å². The summed E-state index contributed by atoms with van der Waals surface area (Å²) in [4.78, 5) is 21.5. The first kappa shape index (κ1) is 20.0. The molecule has 0 spiro atoms. The van der Waals surface area contributed by atoms with Gasteiger partial charge in [0.05, 0.1) is 12.6 Å². The summed E-state index contributed by atoms with van der Waals surface area (Å²) in [6, 6.07) is 0.866. The molecule has 2 aliphatic heterocycles. The Morgan fingerprint density at radius 3 is 2.57 bits per heavy atom. The number of carbonyl (C=O) groups is 1. The van der Waals surface area contributed by atoms with Crippen molar-refractivity contribution in [3.05, 3.63) is 0 Å². The van der Waals surface area contributed by atoms with Gasteiger partial charge in [0.15, 0.2) is 5.96 Å². The molecule has 2 saturated carbocycles. The molecule has 2 aliphatic carbocycles. The zero-order valence-corrected chi connectivity index (χ0v) is 17.7. The first-order valence-corrected chi connectivity index (χ1v) is 11.2. The minimum absolute atomic E-state index is 0.141. The van der Waals surface area contributed by atoms with Crippen LogP contribution in [0.5, 0.6) is 0 Å². The molecule has 4 rings (SSSR count). The molecule has 0 aromatic rings. The number of amides is 1. The summed E-state index contributed by atoms with van der Waals surface area (Å²) in [6.45, 7) is 12.6. The third-order valence-corrected chi connectivity index (χ3v) is 6.91. The lowest BCUT2D eigenvalue weighted by Gasteiger charge is -2.60. The van der Waals surface area contributed by atoms with Gasteiger partial charge in [-0.3, -0.25) is 14.7 Å². The Kier molecular flexibility index (Phi) is 5.83. The molecular formula is C21H37N5O2. The number of aliphatic imine (C=N–C) groups is 1. The van der Waals surface area contributed by atoms with Crippen LogP contribution < -0.4 is 10.6 Å². The zero-order valence-electron chi connectivity index (χ0n) is 17.7. The lowest BCUT2D eigenvalue weighted by Crippen LogP contribution is -2.71. The smallest absolute Gasteiger partial charge is 0.234 e. The Hall–Kier alpha value is -1.34. The van der Waals surface area contributed by atoms with Crippen molar-refractivity contribution in [1.82, 2.24) is 20.4 Å². The highest BCUT2D eigenvalue weighted by atomic mass is 16.5. The van der Waals surface area contributed by atoms with E-state index in [1.165, 1.54) is 6.42 Å². The number of carbonyl (C=O) groups excluding carboxylic acids is 1. The Labute approximate surface area is 169 Å². The Morgan fingerprint density at radius 2 is 1.89 bits per heavy atom. The lowest BCUT2D eigenvalue weighted by atomic mass is 9.55. The van der Waals surface area contributed by atoms with E-state index >= 15 is 0 Å². The monoisotopic (exact) mass is 391 g/mol. The van der Waals surface area contributed by atoms with Gasteiger partial charge in [-0.15, -0.1) is 0 Å². The van der Waals surface area contributed by atoms with Gasteiger partial charge in [0.1, 0.15) is 0 Å². The molecule has 7 nitrogen and oxygen atoms in total. The predicted octanol–water partition coefficient (Wildman–Crippen LogP) is 1.05. The molecule has 158 valence electrons. The fraction of sp³-hybridized carbons (Fsp3) is 0.905. The van der Waals surface area contributed by atoms with E-state index in [4.69, 9.17) is 9.73 Å². The topological polar surface area (TPSA) is 69.2 Å². The molecule has 0 radical (unpaired) electrons. The lowest BCUT2D eigenvalue weighted by molar-refractivity contribution is -0.188. The standard InChI is InChI=1S/C21H37N5O2/c1-4-22-20(24-18-16-6-5-13-28-19(16)21(18,2)3)26-11-9-25(10-12-26)14-17(27)23-15-7-8-15/h15-16,18-19H,4-14H2,1-3H3,(H,22,24)(H,23,27). The fourth-order valence-electron chi connectivity index (χ4n) is 5.16. The number of ether oxygens (including phenoxy) is 1. The van der Waals surface area contributed by atoms with E-state index in [9.17, 15) is 4.79 Å². The van der Waals surface area contributed by atoms with Gasteiger partial charge in [0.2, 0.25) is 5.91 Å². The van der Waals surface area contributed by atoms with Crippen LogP contribution in [0.15, 0.2) is 4.99 Å². The molecule has 0 aromatic heterocycles. The van der Waals surface area contributed by atoms with Crippen molar-refractivity contribution < 1.29 is 9.53 Å². The first-order valence-electron chi connectivity index (χ1n) is 11.2. The second-order valence-corrected chi connectivity index (χ2v) is 9.44. The van der Waals surface area contributed by atoms with Crippen molar-refractivity contribution in [3.63, 3.8) is 0 Å². The minimum atomic E-state index is 0.141. The van der Waals surface area contributed by atoms with Gasteiger partial charge in [0.25, 0.3) is 0 Å². The second kappa shape index (κ2) is 8.19. The molecule has 0 aromatic carbocycles. The van der Waals surface area contributed by atoms with E-state index in [2.05, 4.69) is 41.2 Å². The molecule has 0 bridgehead atoms. The number of piperazine rings is 1. The van der Waals surface area contributed by atoms with E-state index in [1.54, 1.807) is 0 Å². The van der Waals surface area contributed by atoms with Crippen LogP contribution in [0.4, 0.5) is 0 Å². The number of hydrogen-bond donors (Lipinski definition) is 2. The SMILES string of the molecule is CCN=C(NC1C2CCCOC2C1(C)C)N1CCN(CC(=O)NC2CC2)CC1. The van der Waals surface area contributed by atoms with Gasteiger partial charge in [0, 0.05) is 62.7 Å². The summed E-state index contributed by atoms with van der Waals surface area (Å²) in [5, 5.41) is 6.89. The van der Waals surface area contributed by atoms with Crippen molar-refractivity contribution in [2.24, 2.45) is 16.3 Å². The second-order valence-electron chi connectivity index (χ2n) is 9.44. The van der Waals surface area contributed by atoms with Crippen molar-refractivity contribution in [2.45, 2.75) is 64.6 Å². The number of nitrogens with zero attached hydrogens (tertiary/aromatic N) is 3. The van der Waals surface area contributed by atoms with E-state index in [0.717, 1.165) is 64.6 Å². The van der Waals surface area contributed by atoms with Gasteiger partial charge in [-0.25, -0.2) is 0 Å². The highest BCUT2D eigenvalue weighted by Crippen LogP contribution is 2.51. The number of hydrogen-bond acceptors (Lipinski definition) is 4. The van der Waals surface area contributed by atoms with Crippen molar-refractivity contribution in [3.8, 4) is 0 Å². The Balaban J connectivity index is 1.30. The van der Waals surface area contributed by atoms with Gasteiger partial charge in [-0.05, 0) is 32.6 Å². The van der Waals surface area contributed by atoms with Crippen LogP contribution >= 0.6 is 0 Å². The van der Waals surface area contributed by atoms with E-state index in [-0.39, 0.29) is 11.3 Å². The molecule has 3 unspecified atom stereocenters. The predicted molar refractivity (Wildman–Crippen MR) is 110 cm³/mol. The normalized spacial score (nSPS) is 33.0. The van der Waals surface area contributed by atoms with Gasteiger partial charge in [-0.1, -0.05) is 13.8 Å². The molecule has 2 heterocycles. The van der Waals surface area contributed by atoms with Crippen LogP contribution in [0.25, 0.3) is 0 Å². The summed E-state index contributed by atoms with van der Waals surface area (Å²) in [5.74, 6) is 1.81. The van der Waals surface area contributed by atoms with E-state index < -0.39 is 0 Å². The van der Waals surface area contributed by atoms with Crippen molar-refractivity contribution >= 4 is 11.9 Å². The summed E-state index contributed by atoms with van der Waals surface area (Å²) in [6.07, 6.45) is 5.08. The molecule has 4 aliphatic rings. The molecule has 2 saturated heterocycles. The van der Waals surface area contributed by atoms with Crippen molar-refractivity contribution in [2.75, 3.05) is 45.9 Å².